The molecular formula is C23H19F3N2O4. The van der Waals surface area contributed by atoms with Gasteiger partial charge in [0, 0.05) is 0 Å². The minimum atomic E-state index is -4.49. The number of carbonyl (C=O) groups is 1. The van der Waals surface area contributed by atoms with Gasteiger partial charge in [-0.25, -0.2) is 0 Å². The zero-order valence-electron chi connectivity index (χ0n) is 17.4. The highest BCUT2D eigenvalue weighted by atomic mass is 19.4. The number of rotatable bonds is 7. The lowest BCUT2D eigenvalue weighted by atomic mass is 9.84. The third-order valence-electron chi connectivity index (χ3n) is 4.65. The van der Waals surface area contributed by atoms with Crippen molar-refractivity contribution in [3.63, 3.8) is 0 Å². The maximum absolute atomic E-state index is 12.8. The molecule has 2 unspecified atom stereocenters. The molecule has 1 aromatic heterocycles. The van der Waals surface area contributed by atoms with Gasteiger partial charge in [0.1, 0.15) is 22.4 Å². The number of nitriles is 1. The normalized spacial score (nSPS) is 14.7. The molecule has 166 valence electrons. The summed E-state index contributed by atoms with van der Waals surface area (Å²) in [6.45, 7) is 4.79. The van der Waals surface area contributed by atoms with E-state index in [9.17, 15) is 23.2 Å². The predicted molar refractivity (Wildman–Crippen MR) is 109 cm³/mol. The van der Waals surface area contributed by atoms with Crippen molar-refractivity contribution < 1.29 is 31.9 Å². The second kappa shape index (κ2) is 8.75. The predicted octanol–water partition coefficient (Wildman–Crippen LogP) is 6.08. The first kappa shape index (κ1) is 22.9. The van der Waals surface area contributed by atoms with Crippen LogP contribution < -0.4 is 9.47 Å². The molecule has 1 heterocycles. The van der Waals surface area contributed by atoms with Crippen LogP contribution in [0.5, 0.6) is 17.6 Å². The molecule has 0 N–H and O–H groups in total. The first-order valence-electron chi connectivity index (χ1n) is 9.57. The Balaban J connectivity index is 1.70. The lowest BCUT2D eigenvalue weighted by Gasteiger charge is -2.21. The molecule has 2 atom stereocenters. The number of allylic oxidation sites excluding steroid dienone is 2. The van der Waals surface area contributed by atoms with Crippen molar-refractivity contribution in [3.05, 3.63) is 60.2 Å². The summed E-state index contributed by atoms with van der Waals surface area (Å²) >= 11 is 0. The van der Waals surface area contributed by atoms with Crippen molar-refractivity contribution >= 4 is 16.9 Å². The zero-order valence-corrected chi connectivity index (χ0v) is 17.4. The molecule has 0 aliphatic carbocycles. The number of carbonyl (C=O) groups excluding carboxylic acids is 1. The van der Waals surface area contributed by atoms with Gasteiger partial charge in [-0.1, -0.05) is 12.2 Å². The summed E-state index contributed by atoms with van der Waals surface area (Å²) in [5.41, 5.74) is -1.97. The molecular weight excluding hydrogens is 425 g/mol. The molecule has 0 saturated heterocycles. The molecule has 9 heteroatoms. The Hall–Kier alpha value is -3.80. The van der Waals surface area contributed by atoms with E-state index < -0.39 is 23.3 Å². The van der Waals surface area contributed by atoms with Gasteiger partial charge in [-0.15, -0.1) is 0 Å². The summed E-state index contributed by atoms with van der Waals surface area (Å²) in [7, 11) is 0. The van der Waals surface area contributed by atoms with E-state index in [1.807, 2.05) is 6.07 Å². The zero-order chi connectivity index (χ0) is 23.5. The molecule has 32 heavy (non-hydrogen) atoms. The summed E-state index contributed by atoms with van der Waals surface area (Å²) < 4.78 is 54.8. The number of ether oxygens (including phenoxy) is 2. The molecule has 6 nitrogen and oxygen atoms in total. The van der Waals surface area contributed by atoms with E-state index in [-0.39, 0.29) is 23.0 Å². The van der Waals surface area contributed by atoms with Crippen LogP contribution in [0, 0.1) is 16.7 Å². The minimum absolute atomic E-state index is 0.0520. The minimum Gasteiger partial charge on any atom is -0.483 e. The Morgan fingerprint density at radius 3 is 2.44 bits per heavy atom. The van der Waals surface area contributed by atoms with E-state index in [1.165, 1.54) is 31.2 Å². The van der Waals surface area contributed by atoms with Gasteiger partial charge in [0.2, 0.25) is 0 Å². The summed E-state index contributed by atoms with van der Waals surface area (Å²) in [5, 5.41) is 9.32. The van der Waals surface area contributed by atoms with Gasteiger partial charge in [0.15, 0.2) is 17.5 Å². The lowest BCUT2D eigenvalue weighted by Crippen LogP contribution is -2.36. The van der Waals surface area contributed by atoms with Crippen molar-refractivity contribution in [2.45, 2.75) is 33.1 Å². The van der Waals surface area contributed by atoms with Crippen molar-refractivity contribution in [1.29, 1.82) is 5.26 Å². The Kier molecular flexibility index (Phi) is 6.25. The molecule has 0 saturated carbocycles. The largest absolute Gasteiger partial charge is 0.483 e. The van der Waals surface area contributed by atoms with Crippen molar-refractivity contribution in [2.75, 3.05) is 0 Å². The number of hydrogen-bond donors (Lipinski definition) is 0. The fraction of sp³-hybridized carbons (Fsp3) is 0.261. The van der Waals surface area contributed by atoms with Crippen LogP contribution in [0.25, 0.3) is 11.1 Å². The number of nitrogens with zero attached hydrogens (tertiary/aromatic N) is 2. The Morgan fingerprint density at radius 1 is 1.19 bits per heavy atom. The maximum atomic E-state index is 12.8. The SMILES string of the molecule is C/C=C\C(C)(C#N)C(=O)C(C)Oc1ccc(Oc2nc3ccc(C(F)(F)F)cc3o2)cc1. The number of benzene rings is 2. The topological polar surface area (TPSA) is 85.4 Å². The van der Waals surface area contributed by atoms with Crippen LogP contribution in [0.2, 0.25) is 0 Å². The van der Waals surface area contributed by atoms with E-state index in [0.29, 0.717) is 11.5 Å². The van der Waals surface area contributed by atoms with Crippen LogP contribution in [0.4, 0.5) is 13.2 Å². The average Bonchev–Trinajstić information content (AvgIpc) is 3.15. The lowest BCUT2D eigenvalue weighted by molar-refractivity contribution is -0.137. The van der Waals surface area contributed by atoms with Gasteiger partial charge in [0.25, 0.3) is 0 Å². The van der Waals surface area contributed by atoms with Crippen molar-refractivity contribution in [3.8, 4) is 23.6 Å². The fourth-order valence-electron chi connectivity index (χ4n) is 3.00. The van der Waals surface area contributed by atoms with E-state index in [4.69, 9.17) is 13.9 Å². The monoisotopic (exact) mass is 444 g/mol. The van der Waals surface area contributed by atoms with Gasteiger partial charge in [0.05, 0.1) is 11.6 Å². The molecule has 0 amide bonds. The van der Waals surface area contributed by atoms with Crippen molar-refractivity contribution in [2.24, 2.45) is 5.41 Å². The maximum Gasteiger partial charge on any atom is 0.416 e. The quantitative estimate of drug-likeness (QED) is 0.411. The third-order valence-corrected chi connectivity index (χ3v) is 4.65. The fourth-order valence-corrected chi connectivity index (χ4v) is 3.00. The van der Waals surface area contributed by atoms with Gasteiger partial charge < -0.3 is 13.9 Å². The molecule has 0 spiro atoms. The number of aromatic nitrogens is 1. The van der Waals surface area contributed by atoms with E-state index >= 15 is 0 Å². The molecule has 0 bridgehead atoms. The molecule has 0 aliphatic rings. The molecule has 2 aromatic carbocycles. The Morgan fingerprint density at radius 2 is 1.84 bits per heavy atom. The Bertz CT molecular complexity index is 1190. The van der Waals surface area contributed by atoms with E-state index in [2.05, 4.69) is 4.98 Å². The number of fused-ring (bicyclic) bond motifs is 1. The van der Waals surface area contributed by atoms with E-state index in [1.54, 1.807) is 32.1 Å². The number of oxazole rings is 1. The number of halogens is 3. The van der Waals surface area contributed by atoms with Crippen LogP contribution in [0.1, 0.15) is 26.3 Å². The molecule has 0 aliphatic heterocycles. The molecule has 3 rings (SSSR count). The van der Waals surface area contributed by atoms with Gasteiger partial charge in [-0.05, 0) is 63.2 Å². The highest BCUT2D eigenvalue weighted by molar-refractivity contribution is 5.92. The summed E-state index contributed by atoms with van der Waals surface area (Å²) in [6.07, 6.45) is -2.43. The number of ketones is 1. The molecule has 0 radical (unpaired) electrons. The summed E-state index contributed by atoms with van der Waals surface area (Å²) in [4.78, 5) is 16.6. The van der Waals surface area contributed by atoms with E-state index in [0.717, 1.165) is 12.1 Å². The first-order valence-corrected chi connectivity index (χ1v) is 9.57. The second-order valence-electron chi connectivity index (χ2n) is 7.17. The van der Waals surface area contributed by atoms with Gasteiger partial charge >= 0.3 is 12.3 Å². The average molecular weight is 444 g/mol. The number of Topliss-reactive ketones (excluding diaryl/α,β-unsaturated/α-hetero) is 1. The van der Waals surface area contributed by atoms with Crippen LogP contribution in [0.15, 0.2) is 59.0 Å². The number of hydrogen-bond acceptors (Lipinski definition) is 6. The van der Waals surface area contributed by atoms with Crippen LogP contribution in [0.3, 0.4) is 0 Å². The highest BCUT2D eigenvalue weighted by Gasteiger charge is 2.35. The summed E-state index contributed by atoms with van der Waals surface area (Å²) in [6, 6.07) is 11.1. The van der Waals surface area contributed by atoms with Crippen molar-refractivity contribution in [1.82, 2.24) is 4.98 Å². The van der Waals surface area contributed by atoms with Crippen LogP contribution in [-0.4, -0.2) is 16.9 Å². The molecule has 3 aromatic rings. The Labute approximate surface area is 181 Å². The van der Waals surface area contributed by atoms with Gasteiger partial charge in [-0.3, -0.25) is 4.79 Å². The van der Waals surface area contributed by atoms with Crippen LogP contribution >= 0.6 is 0 Å². The molecule has 0 fully saturated rings. The second-order valence-corrected chi connectivity index (χ2v) is 7.17. The summed E-state index contributed by atoms with van der Waals surface area (Å²) in [5.74, 6) is 0.282. The first-order chi connectivity index (χ1) is 15.1. The van der Waals surface area contributed by atoms with Gasteiger partial charge in [-0.2, -0.15) is 23.4 Å². The number of alkyl halides is 3. The smallest absolute Gasteiger partial charge is 0.416 e. The standard InChI is InChI=1S/C23H19F3N2O4/c1-4-11-22(3,13-27)20(29)14(2)30-16-6-8-17(9-7-16)31-21-28-18-10-5-15(23(24,25)26)12-19(18)32-21/h4-12,14H,1-3H3/b11-4-. The van der Waals surface area contributed by atoms with Crippen LogP contribution in [-0.2, 0) is 11.0 Å². The third kappa shape index (κ3) is 4.91. The highest BCUT2D eigenvalue weighted by Crippen LogP contribution is 2.33.